The Bertz CT molecular complexity index is 795. The predicted octanol–water partition coefficient (Wildman–Crippen LogP) is 7.00. The number of hydrogen-bond acceptors (Lipinski definition) is 1. The summed E-state index contributed by atoms with van der Waals surface area (Å²) in [6, 6.07) is 19.5. The van der Waals surface area contributed by atoms with Crippen molar-refractivity contribution in [1.29, 1.82) is 0 Å². The maximum atomic E-state index is 3.72. The second-order valence-electron chi connectivity index (χ2n) is 6.98. The monoisotopic (exact) mass is 423 g/mol. The number of hydrogen-bond donors (Lipinski definition) is 1. The number of anilines is 1. The van der Waals surface area contributed by atoms with Crippen LogP contribution in [0.25, 0.3) is 5.57 Å². The van der Waals surface area contributed by atoms with Crippen LogP contribution in [0.1, 0.15) is 45.2 Å². The number of halogens is 2. The van der Waals surface area contributed by atoms with Gasteiger partial charge in [0.1, 0.15) is 0 Å². The van der Waals surface area contributed by atoms with Crippen LogP contribution >= 0.6 is 24.8 Å². The first kappa shape index (κ1) is 23.1. The molecule has 1 aliphatic carbocycles. The van der Waals surface area contributed by atoms with Gasteiger partial charge in [-0.25, -0.2) is 0 Å². The number of allylic oxidation sites excluding steroid dienone is 4. The van der Waals surface area contributed by atoms with Crippen LogP contribution in [0.2, 0.25) is 0 Å². The number of nitrogens with one attached hydrogen (secondary N) is 1. The van der Waals surface area contributed by atoms with E-state index >= 15 is 0 Å². The van der Waals surface area contributed by atoms with E-state index in [1.807, 2.05) is 0 Å². The van der Waals surface area contributed by atoms with Crippen LogP contribution in [0.15, 0.2) is 71.8 Å². The van der Waals surface area contributed by atoms with Gasteiger partial charge in [0, 0.05) is 0 Å². The van der Waals surface area contributed by atoms with Crippen molar-refractivity contribution in [3.63, 3.8) is 0 Å². The standard InChI is InChI=1S/C16H19.C6H6N.2ClH.Ti/c1-11(2)14-7-5-6-8-16(14)15-10-9-12(3)13(15)4;7-6-4-2-1-3-5-6;;;/h5-9H,10H2,1-4H3;1-5,7H;2*1H;/q;-1;;;+1. The maximum Gasteiger partial charge on any atom is -0.147 e. The molecule has 2 aromatic rings. The minimum atomic E-state index is -0.382. The molecule has 4 heteroatoms. The molecule has 2 aromatic carbocycles. The Morgan fingerprint density at radius 2 is 1.50 bits per heavy atom. The van der Waals surface area contributed by atoms with Crippen LogP contribution < -0.4 is 3.80 Å². The van der Waals surface area contributed by atoms with Crippen molar-refractivity contribution in [2.45, 2.75) is 37.8 Å². The van der Waals surface area contributed by atoms with E-state index in [1.54, 1.807) is 0 Å². The average molecular weight is 424 g/mol. The summed E-state index contributed by atoms with van der Waals surface area (Å²) in [4.78, 5) is 0. The van der Waals surface area contributed by atoms with E-state index in [4.69, 9.17) is 0 Å². The molecule has 0 radical (unpaired) electrons. The Hall–Kier alpha value is -0.986. The van der Waals surface area contributed by atoms with Crippen LogP contribution in [0.4, 0.5) is 5.69 Å². The summed E-state index contributed by atoms with van der Waals surface area (Å²) in [6.07, 6.45) is 3.42. The van der Waals surface area contributed by atoms with E-state index in [2.05, 4.69) is 92.2 Å². The van der Waals surface area contributed by atoms with Crippen molar-refractivity contribution >= 4 is 36.1 Å². The molecule has 1 nitrogen and oxygen atoms in total. The first-order chi connectivity index (χ1) is 11.5. The molecule has 0 fully saturated rings. The topological polar surface area (TPSA) is 12.0 Å². The van der Waals surface area contributed by atoms with Gasteiger partial charge in [0.2, 0.25) is 0 Å². The van der Waals surface area contributed by atoms with Crippen LogP contribution in [-0.4, -0.2) is 0 Å². The van der Waals surface area contributed by atoms with E-state index in [0.29, 0.717) is 0 Å². The molecule has 0 atom stereocenters. The molecule has 0 saturated heterocycles. The SMILES string of the molecule is CC1=CCC(c2ccccc2[C](C)(C)[Ti][NH]c2ccccc2)=C1C.Cl.Cl. The Morgan fingerprint density at radius 3 is 2.12 bits per heavy atom. The summed E-state index contributed by atoms with van der Waals surface area (Å²) in [5, 5.41) is 0. The zero-order valence-electron chi connectivity index (χ0n) is 15.8. The van der Waals surface area contributed by atoms with Crippen molar-refractivity contribution in [3.05, 3.63) is 82.9 Å². The molecule has 0 amide bonds. The van der Waals surface area contributed by atoms with Crippen LogP contribution in [-0.2, 0) is 23.1 Å². The van der Waals surface area contributed by atoms with E-state index in [1.165, 1.54) is 33.5 Å². The number of rotatable bonds is 5. The third kappa shape index (κ3) is 5.05. The van der Waals surface area contributed by atoms with Gasteiger partial charge in [-0.15, -0.1) is 24.8 Å². The first-order valence-corrected chi connectivity index (χ1v) is 10.1. The molecule has 0 saturated carbocycles. The minimum absolute atomic E-state index is 0. The molecular weight excluding hydrogens is 397 g/mol. The summed E-state index contributed by atoms with van der Waals surface area (Å²) in [5.74, 6) is 0. The molecule has 0 aromatic heterocycles. The fraction of sp³-hybridized carbons (Fsp3) is 0.273. The van der Waals surface area contributed by atoms with Crippen molar-refractivity contribution < 1.29 is 19.4 Å². The van der Waals surface area contributed by atoms with E-state index in [9.17, 15) is 0 Å². The molecule has 1 N–H and O–H groups in total. The van der Waals surface area contributed by atoms with Crippen molar-refractivity contribution in [2.75, 3.05) is 3.80 Å². The predicted molar refractivity (Wildman–Crippen MR) is 115 cm³/mol. The van der Waals surface area contributed by atoms with Crippen LogP contribution in [0, 0.1) is 0 Å². The molecule has 0 heterocycles. The Labute approximate surface area is 179 Å². The third-order valence-corrected chi connectivity index (χ3v) is 6.92. The summed E-state index contributed by atoms with van der Waals surface area (Å²) in [6.45, 7) is 9.25. The Balaban J connectivity index is 0.00000169. The van der Waals surface area contributed by atoms with E-state index in [0.717, 1.165) is 6.42 Å². The fourth-order valence-corrected chi connectivity index (χ4v) is 4.74. The number of para-hydroxylation sites is 1. The zero-order valence-corrected chi connectivity index (χ0v) is 19.0. The normalized spacial score (nSPS) is 13.5. The third-order valence-electron chi connectivity index (χ3n) is 4.88. The van der Waals surface area contributed by atoms with Gasteiger partial charge in [0.15, 0.2) is 0 Å². The second-order valence-corrected chi connectivity index (χ2v) is 9.71. The molecule has 0 spiro atoms. The van der Waals surface area contributed by atoms with Crippen LogP contribution in [0.5, 0.6) is 0 Å². The largest absolute Gasteiger partial charge is 0.147 e. The quantitative estimate of drug-likeness (QED) is 0.510. The van der Waals surface area contributed by atoms with Gasteiger partial charge in [-0.3, -0.25) is 0 Å². The molecule has 0 bridgehead atoms. The fourth-order valence-electron chi connectivity index (χ4n) is 3.22. The van der Waals surface area contributed by atoms with Crippen molar-refractivity contribution in [2.24, 2.45) is 0 Å². The summed E-state index contributed by atoms with van der Waals surface area (Å²) in [7, 11) is 0. The molecule has 0 unspecified atom stereocenters. The first-order valence-electron chi connectivity index (χ1n) is 8.54. The van der Waals surface area contributed by atoms with Gasteiger partial charge >= 0.3 is 155 Å². The van der Waals surface area contributed by atoms with Crippen molar-refractivity contribution in [1.82, 2.24) is 0 Å². The maximum absolute atomic E-state index is 3.72. The Morgan fingerprint density at radius 1 is 0.885 bits per heavy atom. The van der Waals surface area contributed by atoms with Gasteiger partial charge in [0.25, 0.3) is 0 Å². The summed E-state index contributed by atoms with van der Waals surface area (Å²) < 4.78 is 3.89. The smallest absolute Gasteiger partial charge is 0.147 e. The molecule has 0 aliphatic heterocycles. The van der Waals surface area contributed by atoms with E-state index in [-0.39, 0.29) is 47.9 Å². The van der Waals surface area contributed by atoms with Gasteiger partial charge in [0.05, 0.1) is 0 Å². The molecule has 138 valence electrons. The van der Waals surface area contributed by atoms with Gasteiger partial charge in [-0.1, -0.05) is 0 Å². The molecule has 3 rings (SSSR count). The van der Waals surface area contributed by atoms with Gasteiger partial charge in [-0.05, 0) is 0 Å². The summed E-state index contributed by atoms with van der Waals surface area (Å²) >= 11 is -0.382. The second kappa shape index (κ2) is 9.81. The van der Waals surface area contributed by atoms with Crippen molar-refractivity contribution in [3.8, 4) is 0 Å². The van der Waals surface area contributed by atoms with E-state index < -0.39 is 0 Å². The molecule has 26 heavy (non-hydrogen) atoms. The number of benzene rings is 2. The molecular formula is C22H27Cl2NTi. The average Bonchev–Trinajstić information content (AvgIpc) is 2.93. The molecule has 1 aliphatic rings. The van der Waals surface area contributed by atoms with Crippen LogP contribution in [0.3, 0.4) is 0 Å². The minimum Gasteiger partial charge on any atom is -0.147 e. The zero-order chi connectivity index (χ0) is 17.2. The Kier molecular flexibility index (Phi) is 8.70. The van der Waals surface area contributed by atoms with Gasteiger partial charge in [-0.2, -0.15) is 0 Å². The van der Waals surface area contributed by atoms with Gasteiger partial charge < -0.3 is 0 Å². The summed E-state index contributed by atoms with van der Waals surface area (Å²) in [5.41, 5.74) is 8.53.